The predicted octanol–water partition coefficient (Wildman–Crippen LogP) is 3.89. The zero-order chi connectivity index (χ0) is 16.4. The first-order chi connectivity index (χ1) is 11.1. The summed E-state index contributed by atoms with van der Waals surface area (Å²) < 4.78 is 5.07. The topological polar surface area (TPSA) is 55.4 Å². The predicted molar refractivity (Wildman–Crippen MR) is 93.8 cm³/mol. The largest absolute Gasteiger partial charge is 0.372 e. The molecule has 0 aliphatic heterocycles. The normalized spacial score (nSPS) is 15.0. The van der Waals surface area contributed by atoms with Gasteiger partial charge in [0.1, 0.15) is 11.1 Å². The number of nitrogens with one attached hydrogen (secondary N) is 1. The quantitative estimate of drug-likeness (QED) is 0.833. The van der Waals surface area contributed by atoms with Crippen molar-refractivity contribution < 1.29 is 14.3 Å². The smallest absolute Gasteiger partial charge is 0.253 e. The molecule has 0 unspecified atom stereocenters. The molecule has 3 rings (SSSR count). The van der Waals surface area contributed by atoms with Gasteiger partial charge in [-0.3, -0.25) is 9.59 Å². The van der Waals surface area contributed by atoms with E-state index in [1.54, 1.807) is 18.3 Å². The molecule has 0 spiro atoms. The molecular weight excluding hydrogens is 330 g/mol. The molecule has 4 nitrogen and oxygen atoms in total. The van der Waals surface area contributed by atoms with Crippen molar-refractivity contribution in [1.29, 1.82) is 0 Å². The Morgan fingerprint density at radius 2 is 2.09 bits per heavy atom. The standard InChI is InChI=1S/C17H19NO3S2/c1-10(21-2)16(20)18-17-14(15(19)13-8-5-9-22-13)11-6-3-4-7-12(11)23-17/h5,8-10H,3-4,6-7H2,1-2H3,(H,18,20)/t10-/m0/s1. The van der Waals surface area contributed by atoms with E-state index in [0.29, 0.717) is 15.4 Å². The van der Waals surface area contributed by atoms with Crippen molar-refractivity contribution >= 4 is 39.4 Å². The van der Waals surface area contributed by atoms with E-state index in [9.17, 15) is 9.59 Å². The summed E-state index contributed by atoms with van der Waals surface area (Å²) >= 11 is 2.98. The Balaban J connectivity index is 2.00. The van der Waals surface area contributed by atoms with Gasteiger partial charge in [0.15, 0.2) is 0 Å². The fraction of sp³-hybridized carbons (Fsp3) is 0.412. The summed E-state index contributed by atoms with van der Waals surface area (Å²) in [5.74, 6) is -0.203. The van der Waals surface area contributed by atoms with Gasteiger partial charge in [0, 0.05) is 12.0 Å². The lowest BCUT2D eigenvalue weighted by molar-refractivity contribution is -0.124. The van der Waals surface area contributed by atoms with E-state index in [2.05, 4.69) is 5.32 Å². The molecule has 0 radical (unpaired) electrons. The van der Waals surface area contributed by atoms with Gasteiger partial charge in [-0.15, -0.1) is 22.7 Å². The molecule has 1 aliphatic rings. The average molecular weight is 349 g/mol. The highest BCUT2D eigenvalue weighted by Crippen LogP contribution is 2.39. The van der Waals surface area contributed by atoms with Crippen molar-refractivity contribution in [2.24, 2.45) is 0 Å². The van der Waals surface area contributed by atoms with Crippen LogP contribution >= 0.6 is 22.7 Å². The van der Waals surface area contributed by atoms with E-state index in [1.807, 2.05) is 17.5 Å². The molecule has 0 aromatic carbocycles. The number of rotatable bonds is 5. The number of methoxy groups -OCH3 is 1. The molecule has 1 N–H and O–H groups in total. The molecule has 2 heterocycles. The maximum Gasteiger partial charge on any atom is 0.253 e. The number of carbonyl (C=O) groups is 2. The minimum absolute atomic E-state index is 0.0137. The third-order valence-corrected chi connectivity index (χ3v) is 6.18. The van der Waals surface area contributed by atoms with Gasteiger partial charge in [-0.25, -0.2) is 0 Å². The van der Waals surface area contributed by atoms with Gasteiger partial charge in [0.2, 0.25) is 5.78 Å². The third kappa shape index (κ3) is 3.24. The van der Waals surface area contributed by atoms with Crippen LogP contribution in [-0.2, 0) is 22.4 Å². The van der Waals surface area contributed by atoms with Crippen LogP contribution in [0.15, 0.2) is 17.5 Å². The van der Waals surface area contributed by atoms with Gasteiger partial charge >= 0.3 is 0 Å². The molecule has 2 aromatic rings. The van der Waals surface area contributed by atoms with Crippen molar-refractivity contribution in [2.75, 3.05) is 12.4 Å². The fourth-order valence-electron chi connectivity index (χ4n) is 2.75. The fourth-order valence-corrected chi connectivity index (χ4v) is 4.71. The molecule has 23 heavy (non-hydrogen) atoms. The number of hydrogen-bond acceptors (Lipinski definition) is 5. The summed E-state index contributed by atoms with van der Waals surface area (Å²) in [6.07, 6.45) is 3.59. The van der Waals surface area contributed by atoms with E-state index in [1.165, 1.54) is 23.3 Å². The second-order valence-corrected chi connectivity index (χ2v) is 7.64. The summed E-state index contributed by atoms with van der Waals surface area (Å²) in [6.45, 7) is 1.70. The van der Waals surface area contributed by atoms with Crippen LogP contribution in [0.2, 0.25) is 0 Å². The van der Waals surface area contributed by atoms with Crippen LogP contribution in [0.3, 0.4) is 0 Å². The van der Waals surface area contributed by atoms with Crippen molar-refractivity contribution in [3.63, 3.8) is 0 Å². The maximum atomic E-state index is 12.9. The lowest BCUT2D eigenvalue weighted by atomic mass is 9.93. The lowest BCUT2D eigenvalue weighted by Crippen LogP contribution is -2.26. The van der Waals surface area contributed by atoms with Crippen LogP contribution < -0.4 is 5.32 Å². The van der Waals surface area contributed by atoms with E-state index in [-0.39, 0.29) is 11.7 Å². The summed E-state index contributed by atoms with van der Waals surface area (Å²) in [4.78, 5) is 27.0. The Hall–Kier alpha value is -1.50. The van der Waals surface area contributed by atoms with Gasteiger partial charge in [0.05, 0.1) is 10.4 Å². The molecule has 1 atom stereocenters. The first-order valence-corrected chi connectivity index (χ1v) is 9.37. The highest BCUT2D eigenvalue weighted by atomic mass is 32.1. The van der Waals surface area contributed by atoms with Gasteiger partial charge < -0.3 is 10.1 Å². The Morgan fingerprint density at radius 1 is 1.30 bits per heavy atom. The zero-order valence-corrected chi connectivity index (χ0v) is 14.8. The van der Waals surface area contributed by atoms with E-state index < -0.39 is 6.10 Å². The number of aryl methyl sites for hydroxylation is 1. The zero-order valence-electron chi connectivity index (χ0n) is 13.2. The second-order valence-electron chi connectivity index (χ2n) is 5.59. The first kappa shape index (κ1) is 16.4. The van der Waals surface area contributed by atoms with E-state index >= 15 is 0 Å². The van der Waals surface area contributed by atoms with E-state index in [4.69, 9.17) is 4.74 Å². The molecule has 6 heteroatoms. The number of ketones is 1. The molecule has 0 bridgehead atoms. The molecule has 2 aromatic heterocycles. The monoisotopic (exact) mass is 349 g/mol. The minimum atomic E-state index is -0.543. The molecule has 0 saturated heterocycles. The Morgan fingerprint density at radius 3 is 2.78 bits per heavy atom. The first-order valence-electron chi connectivity index (χ1n) is 7.68. The number of anilines is 1. The minimum Gasteiger partial charge on any atom is -0.372 e. The molecule has 0 fully saturated rings. The summed E-state index contributed by atoms with van der Waals surface area (Å²) in [5, 5.41) is 5.47. The summed E-state index contributed by atoms with van der Waals surface area (Å²) in [5.41, 5.74) is 1.81. The number of carbonyl (C=O) groups excluding carboxylic acids is 2. The van der Waals surface area contributed by atoms with Gasteiger partial charge in [-0.2, -0.15) is 0 Å². The van der Waals surface area contributed by atoms with Crippen molar-refractivity contribution in [3.05, 3.63) is 38.4 Å². The average Bonchev–Trinajstić information content (AvgIpc) is 3.20. The van der Waals surface area contributed by atoms with Gasteiger partial charge in [-0.1, -0.05) is 6.07 Å². The molecule has 1 amide bonds. The lowest BCUT2D eigenvalue weighted by Gasteiger charge is -2.13. The number of ether oxygens (including phenoxy) is 1. The van der Waals surface area contributed by atoms with Crippen LogP contribution in [0.4, 0.5) is 5.00 Å². The molecule has 0 saturated carbocycles. The highest BCUT2D eigenvalue weighted by molar-refractivity contribution is 7.17. The molecule has 1 aliphatic carbocycles. The molecular formula is C17H19NO3S2. The Bertz CT molecular complexity index is 719. The van der Waals surface area contributed by atoms with E-state index in [0.717, 1.165) is 31.2 Å². The van der Waals surface area contributed by atoms with Crippen LogP contribution in [0.1, 0.15) is 45.4 Å². The van der Waals surface area contributed by atoms with Crippen molar-refractivity contribution in [1.82, 2.24) is 0 Å². The van der Waals surface area contributed by atoms with Crippen molar-refractivity contribution in [2.45, 2.75) is 38.7 Å². The molecule has 122 valence electrons. The number of thiophene rings is 2. The number of fused-ring (bicyclic) bond motifs is 1. The highest BCUT2D eigenvalue weighted by Gasteiger charge is 2.28. The third-order valence-electron chi connectivity index (χ3n) is 4.10. The Kier molecular flexibility index (Phi) is 4.94. The summed E-state index contributed by atoms with van der Waals surface area (Å²) in [6, 6.07) is 3.71. The van der Waals surface area contributed by atoms with Gasteiger partial charge in [-0.05, 0) is 49.6 Å². The maximum absolute atomic E-state index is 12.9. The SMILES string of the molecule is CO[C@@H](C)C(=O)Nc1sc2c(c1C(=O)c1cccs1)CCCC2. The Labute approximate surface area is 143 Å². The van der Waals surface area contributed by atoms with Crippen LogP contribution in [0.25, 0.3) is 0 Å². The van der Waals surface area contributed by atoms with Crippen LogP contribution in [0, 0.1) is 0 Å². The summed E-state index contributed by atoms with van der Waals surface area (Å²) in [7, 11) is 1.50. The second kappa shape index (κ2) is 6.95. The van der Waals surface area contributed by atoms with Crippen LogP contribution in [-0.4, -0.2) is 24.9 Å². The number of hydrogen-bond donors (Lipinski definition) is 1. The number of amides is 1. The van der Waals surface area contributed by atoms with Crippen molar-refractivity contribution in [3.8, 4) is 0 Å². The van der Waals surface area contributed by atoms with Gasteiger partial charge in [0.25, 0.3) is 5.91 Å². The van der Waals surface area contributed by atoms with Crippen LogP contribution in [0.5, 0.6) is 0 Å².